The predicted molar refractivity (Wildman–Crippen MR) is 72.7 cm³/mol. The number of rotatable bonds is 3. The largest absolute Gasteiger partial charge is 0.478 e. The van der Waals surface area contributed by atoms with E-state index in [2.05, 4.69) is 10.2 Å². The van der Waals surface area contributed by atoms with Crippen LogP contribution in [-0.4, -0.2) is 30.6 Å². The van der Waals surface area contributed by atoms with Gasteiger partial charge in [0.05, 0.1) is 11.9 Å². The zero-order chi connectivity index (χ0) is 14.1. The van der Waals surface area contributed by atoms with Gasteiger partial charge in [-0.1, -0.05) is 18.2 Å². The zero-order valence-corrected chi connectivity index (χ0v) is 10.8. The lowest BCUT2D eigenvalue weighted by Crippen LogP contribution is -1.96. The number of aromatic carboxylic acids is 1. The van der Waals surface area contributed by atoms with Gasteiger partial charge in [0.15, 0.2) is 0 Å². The molecule has 20 heavy (non-hydrogen) atoms. The molecule has 0 amide bonds. The second kappa shape index (κ2) is 4.65. The molecule has 0 spiro atoms. The Bertz CT molecular complexity index is 759. The van der Waals surface area contributed by atoms with E-state index in [1.54, 1.807) is 28.8 Å². The lowest BCUT2D eigenvalue weighted by molar-refractivity contribution is 0.0697. The first-order chi connectivity index (χ1) is 9.65. The molecule has 0 aliphatic rings. The lowest BCUT2D eigenvalue weighted by Gasteiger charge is -1.98. The standard InChI is InChI=1S/C14H12N4O2/c1-17-8-10(7-15-17)13-12(14(19)20)9-18(16-13)11-5-3-2-4-6-11/h2-9H,1H3,(H,19,20). The summed E-state index contributed by atoms with van der Waals surface area (Å²) < 4.78 is 3.17. The topological polar surface area (TPSA) is 72.9 Å². The summed E-state index contributed by atoms with van der Waals surface area (Å²) in [6.07, 6.45) is 4.86. The fraction of sp³-hybridized carbons (Fsp3) is 0.0714. The van der Waals surface area contributed by atoms with E-state index < -0.39 is 5.97 Å². The van der Waals surface area contributed by atoms with Gasteiger partial charge in [0, 0.05) is 25.0 Å². The van der Waals surface area contributed by atoms with Gasteiger partial charge in [0.1, 0.15) is 11.3 Å². The van der Waals surface area contributed by atoms with Crippen molar-refractivity contribution in [1.29, 1.82) is 0 Å². The molecule has 3 rings (SSSR count). The van der Waals surface area contributed by atoms with Crippen molar-refractivity contribution in [3.8, 4) is 16.9 Å². The van der Waals surface area contributed by atoms with E-state index >= 15 is 0 Å². The summed E-state index contributed by atoms with van der Waals surface area (Å²) in [5.74, 6) is -1.01. The first kappa shape index (κ1) is 12.2. The van der Waals surface area contributed by atoms with Crippen LogP contribution in [0.1, 0.15) is 10.4 Å². The number of carbonyl (C=O) groups is 1. The number of aryl methyl sites for hydroxylation is 1. The van der Waals surface area contributed by atoms with Gasteiger partial charge in [-0.25, -0.2) is 9.48 Å². The molecule has 100 valence electrons. The van der Waals surface area contributed by atoms with E-state index in [1.165, 1.54) is 6.20 Å². The first-order valence-electron chi connectivity index (χ1n) is 6.02. The van der Waals surface area contributed by atoms with Crippen molar-refractivity contribution in [3.63, 3.8) is 0 Å². The Morgan fingerprint density at radius 3 is 2.55 bits per heavy atom. The van der Waals surface area contributed by atoms with E-state index in [9.17, 15) is 9.90 Å². The number of nitrogens with zero attached hydrogens (tertiary/aromatic N) is 4. The Kier molecular flexibility index (Phi) is 2.83. The average molecular weight is 268 g/mol. The van der Waals surface area contributed by atoms with Crippen LogP contribution >= 0.6 is 0 Å². The van der Waals surface area contributed by atoms with Gasteiger partial charge in [-0.05, 0) is 12.1 Å². The average Bonchev–Trinajstić information content (AvgIpc) is 3.05. The maximum atomic E-state index is 11.4. The summed E-state index contributed by atoms with van der Waals surface area (Å²) in [6, 6.07) is 9.38. The Hall–Kier alpha value is -2.89. The summed E-state index contributed by atoms with van der Waals surface area (Å²) in [5, 5.41) is 17.7. The van der Waals surface area contributed by atoms with Crippen LogP contribution in [0.5, 0.6) is 0 Å². The highest BCUT2D eigenvalue weighted by Crippen LogP contribution is 2.23. The van der Waals surface area contributed by atoms with Gasteiger partial charge < -0.3 is 5.11 Å². The van der Waals surface area contributed by atoms with Gasteiger partial charge in [-0.3, -0.25) is 4.68 Å². The molecule has 3 aromatic rings. The highest BCUT2D eigenvalue weighted by Gasteiger charge is 2.18. The summed E-state index contributed by atoms with van der Waals surface area (Å²) in [7, 11) is 1.78. The third-order valence-corrected chi connectivity index (χ3v) is 2.94. The van der Waals surface area contributed by atoms with Crippen LogP contribution in [0.25, 0.3) is 16.9 Å². The molecule has 1 aromatic carbocycles. The maximum Gasteiger partial charge on any atom is 0.339 e. The number of aromatic nitrogens is 4. The Balaban J connectivity index is 2.15. The minimum atomic E-state index is -1.01. The molecule has 0 saturated carbocycles. The SMILES string of the molecule is Cn1cc(-c2nn(-c3ccccc3)cc2C(=O)O)cn1. The van der Waals surface area contributed by atoms with Crippen molar-refractivity contribution in [2.24, 2.45) is 7.05 Å². The van der Waals surface area contributed by atoms with Crippen molar-refractivity contribution in [1.82, 2.24) is 19.6 Å². The molecule has 0 atom stereocenters. The van der Waals surface area contributed by atoms with Crippen molar-refractivity contribution < 1.29 is 9.90 Å². The summed E-state index contributed by atoms with van der Waals surface area (Å²) >= 11 is 0. The molecule has 2 aromatic heterocycles. The molecule has 0 unspecified atom stereocenters. The van der Waals surface area contributed by atoms with Gasteiger partial charge in [-0.2, -0.15) is 10.2 Å². The quantitative estimate of drug-likeness (QED) is 0.788. The van der Waals surface area contributed by atoms with Gasteiger partial charge >= 0.3 is 5.97 Å². The smallest absolute Gasteiger partial charge is 0.339 e. The molecule has 6 nitrogen and oxygen atoms in total. The van der Waals surface area contributed by atoms with Crippen LogP contribution in [-0.2, 0) is 7.05 Å². The molecular formula is C14H12N4O2. The molecule has 0 saturated heterocycles. The van der Waals surface area contributed by atoms with E-state index in [4.69, 9.17) is 0 Å². The third kappa shape index (κ3) is 2.07. The van der Waals surface area contributed by atoms with Crippen molar-refractivity contribution in [2.45, 2.75) is 0 Å². The minimum Gasteiger partial charge on any atom is -0.478 e. The fourth-order valence-electron chi connectivity index (χ4n) is 2.00. The molecule has 1 N–H and O–H groups in total. The molecular weight excluding hydrogens is 256 g/mol. The zero-order valence-electron chi connectivity index (χ0n) is 10.8. The third-order valence-electron chi connectivity index (χ3n) is 2.94. The van der Waals surface area contributed by atoms with Gasteiger partial charge in [0.2, 0.25) is 0 Å². The molecule has 2 heterocycles. The number of carboxylic acids is 1. The highest BCUT2D eigenvalue weighted by atomic mass is 16.4. The maximum absolute atomic E-state index is 11.4. The van der Waals surface area contributed by atoms with Crippen LogP contribution in [0.3, 0.4) is 0 Å². The van der Waals surface area contributed by atoms with Gasteiger partial charge in [-0.15, -0.1) is 0 Å². The number of benzene rings is 1. The lowest BCUT2D eigenvalue weighted by atomic mass is 10.1. The van der Waals surface area contributed by atoms with Gasteiger partial charge in [0.25, 0.3) is 0 Å². The van der Waals surface area contributed by atoms with Crippen molar-refractivity contribution in [3.05, 3.63) is 54.5 Å². The molecule has 0 radical (unpaired) electrons. The second-order valence-corrected chi connectivity index (χ2v) is 4.38. The second-order valence-electron chi connectivity index (χ2n) is 4.38. The number of hydrogen-bond donors (Lipinski definition) is 1. The number of para-hydroxylation sites is 1. The summed E-state index contributed by atoms with van der Waals surface area (Å²) in [5.41, 5.74) is 2.06. The summed E-state index contributed by atoms with van der Waals surface area (Å²) in [4.78, 5) is 11.4. The Morgan fingerprint density at radius 1 is 1.20 bits per heavy atom. The molecule has 0 bridgehead atoms. The molecule has 0 aliphatic heterocycles. The Morgan fingerprint density at radius 2 is 1.95 bits per heavy atom. The van der Waals surface area contributed by atoms with Crippen LogP contribution < -0.4 is 0 Å². The molecule has 0 aliphatic carbocycles. The van der Waals surface area contributed by atoms with E-state index in [-0.39, 0.29) is 5.56 Å². The normalized spacial score (nSPS) is 10.7. The van der Waals surface area contributed by atoms with Crippen molar-refractivity contribution in [2.75, 3.05) is 0 Å². The predicted octanol–water partition coefficient (Wildman–Crippen LogP) is 1.97. The first-order valence-corrected chi connectivity index (χ1v) is 6.02. The summed E-state index contributed by atoms with van der Waals surface area (Å²) in [6.45, 7) is 0. The Labute approximate surface area is 114 Å². The fourth-order valence-corrected chi connectivity index (χ4v) is 2.00. The molecule has 0 fully saturated rings. The van der Waals surface area contributed by atoms with Crippen molar-refractivity contribution >= 4 is 5.97 Å². The van der Waals surface area contributed by atoms with Crippen LogP contribution in [0.4, 0.5) is 0 Å². The number of carboxylic acid groups (broad SMARTS) is 1. The highest BCUT2D eigenvalue weighted by molar-refractivity contribution is 5.94. The van der Waals surface area contributed by atoms with Crippen LogP contribution in [0.2, 0.25) is 0 Å². The molecule has 6 heteroatoms. The van der Waals surface area contributed by atoms with E-state index in [0.29, 0.717) is 11.3 Å². The minimum absolute atomic E-state index is 0.154. The van der Waals surface area contributed by atoms with Crippen LogP contribution in [0.15, 0.2) is 48.9 Å². The van der Waals surface area contributed by atoms with Crippen LogP contribution in [0, 0.1) is 0 Å². The number of hydrogen-bond acceptors (Lipinski definition) is 3. The van der Waals surface area contributed by atoms with E-state index in [0.717, 1.165) is 5.69 Å². The van der Waals surface area contributed by atoms with E-state index in [1.807, 2.05) is 30.3 Å². The monoisotopic (exact) mass is 268 g/mol.